The predicted molar refractivity (Wildman–Crippen MR) is 403 cm³/mol. The SMILES string of the molecule is CCCCCCCCCCCCCCCCCCCCCCCCCCCC(O)C(CO)NC(=O)CCCCCCCCCCCCCCCC/C=C\CCCCCCCCCCCCCCOC(=O)CCCCCCCCCCCCCCCCCCCCC. The molecule has 0 aromatic rings. The summed E-state index contributed by atoms with van der Waals surface area (Å²) >= 11 is 0. The lowest BCUT2D eigenvalue weighted by atomic mass is 10.0. The van der Waals surface area contributed by atoms with E-state index < -0.39 is 12.1 Å². The first-order valence-electron chi connectivity index (χ1n) is 42.4. The molecule has 6 heteroatoms. The number of nitrogens with one attached hydrogen (secondary N) is 1. The third-order valence-corrected chi connectivity index (χ3v) is 20.3. The maximum atomic E-state index is 12.6. The molecule has 0 saturated heterocycles. The molecule has 0 bridgehead atoms. The summed E-state index contributed by atoms with van der Waals surface area (Å²) in [4.78, 5) is 24.7. The van der Waals surface area contributed by atoms with Gasteiger partial charge >= 0.3 is 5.97 Å². The number of aliphatic hydroxyl groups is 2. The Morgan fingerprint density at radius 2 is 0.516 bits per heavy atom. The van der Waals surface area contributed by atoms with E-state index in [0.717, 1.165) is 38.5 Å². The minimum atomic E-state index is -0.665. The van der Waals surface area contributed by atoms with E-state index in [2.05, 4.69) is 31.3 Å². The zero-order valence-electron chi connectivity index (χ0n) is 62.4. The molecule has 0 aliphatic carbocycles. The van der Waals surface area contributed by atoms with Crippen molar-refractivity contribution in [1.82, 2.24) is 5.32 Å². The average molecular weight is 1280 g/mol. The lowest BCUT2D eigenvalue weighted by Crippen LogP contribution is -2.45. The van der Waals surface area contributed by atoms with Gasteiger partial charge in [0, 0.05) is 12.8 Å². The maximum Gasteiger partial charge on any atom is 0.305 e. The van der Waals surface area contributed by atoms with E-state index >= 15 is 0 Å². The molecular formula is C85H167NO5. The van der Waals surface area contributed by atoms with E-state index in [9.17, 15) is 19.8 Å². The summed E-state index contributed by atoms with van der Waals surface area (Å²) in [5, 5.41) is 23.5. The number of aliphatic hydroxyl groups excluding tert-OH is 2. The second-order valence-corrected chi connectivity index (χ2v) is 29.5. The Labute approximate surface area is 571 Å². The van der Waals surface area contributed by atoms with Crippen molar-refractivity contribution >= 4 is 11.9 Å². The fraction of sp³-hybridized carbons (Fsp3) is 0.953. The van der Waals surface area contributed by atoms with Gasteiger partial charge < -0.3 is 20.3 Å². The van der Waals surface area contributed by atoms with E-state index in [4.69, 9.17) is 4.74 Å². The first-order chi connectivity index (χ1) is 45.0. The number of unbranched alkanes of at least 4 members (excludes halogenated alkanes) is 68. The topological polar surface area (TPSA) is 95.9 Å². The van der Waals surface area contributed by atoms with E-state index in [1.807, 2.05) is 0 Å². The van der Waals surface area contributed by atoms with Crippen molar-refractivity contribution in [2.45, 2.75) is 508 Å². The Morgan fingerprint density at radius 1 is 0.297 bits per heavy atom. The number of hydrogen-bond acceptors (Lipinski definition) is 5. The lowest BCUT2D eigenvalue weighted by molar-refractivity contribution is -0.143. The number of carbonyl (C=O) groups is 2. The van der Waals surface area contributed by atoms with Crippen molar-refractivity contribution in [3.05, 3.63) is 12.2 Å². The zero-order valence-corrected chi connectivity index (χ0v) is 62.4. The van der Waals surface area contributed by atoms with Crippen LogP contribution < -0.4 is 5.32 Å². The summed E-state index contributed by atoms with van der Waals surface area (Å²) in [6.07, 6.45) is 103. The van der Waals surface area contributed by atoms with Crippen LogP contribution in [0.25, 0.3) is 0 Å². The first-order valence-corrected chi connectivity index (χ1v) is 42.4. The Balaban J connectivity index is 3.35. The number of allylic oxidation sites excluding steroid dienone is 2. The average Bonchev–Trinajstić information content (AvgIpc) is 3.73. The smallest absolute Gasteiger partial charge is 0.305 e. The van der Waals surface area contributed by atoms with E-state index in [0.29, 0.717) is 25.9 Å². The summed E-state index contributed by atoms with van der Waals surface area (Å²) in [6, 6.07) is -0.542. The standard InChI is InChI=1S/C85H167NO5/c1-3-5-7-9-11-13-15-17-19-21-23-24-25-32-35-38-42-45-49-53-57-61-65-69-73-77-83(88)82(81-87)86-84(89)78-74-70-66-62-58-54-50-46-43-39-36-33-30-28-26-27-29-31-34-37-40-44-48-52-56-60-64-68-72-76-80-91-85(90)79-75-71-67-63-59-55-51-47-41-22-20-18-16-14-12-10-8-6-4-2/h27,29,82-83,87-88H,3-26,28,30-81H2,1-2H3,(H,86,89)/b29-27-. The normalized spacial score (nSPS) is 12.4. The summed E-state index contributed by atoms with van der Waals surface area (Å²) < 4.78 is 5.52. The van der Waals surface area contributed by atoms with Gasteiger partial charge in [-0.15, -0.1) is 0 Å². The van der Waals surface area contributed by atoms with Gasteiger partial charge in [-0.05, 0) is 51.4 Å². The second-order valence-electron chi connectivity index (χ2n) is 29.5. The van der Waals surface area contributed by atoms with Crippen LogP contribution in [0.5, 0.6) is 0 Å². The van der Waals surface area contributed by atoms with Crippen molar-refractivity contribution in [2.24, 2.45) is 0 Å². The summed E-state index contributed by atoms with van der Waals surface area (Å²) in [5.41, 5.74) is 0. The molecule has 0 spiro atoms. The van der Waals surface area contributed by atoms with Gasteiger partial charge in [-0.2, -0.15) is 0 Å². The highest BCUT2D eigenvalue weighted by Gasteiger charge is 2.20. The fourth-order valence-corrected chi connectivity index (χ4v) is 13.9. The number of amides is 1. The minimum absolute atomic E-state index is 0.0236. The second kappa shape index (κ2) is 81.0. The highest BCUT2D eigenvalue weighted by Crippen LogP contribution is 2.21. The highest BCUT2D eigenvalue weighted by molar-refractivity contribution is 5.76. The predicted octanol–water partition coefficient (Wildman–Crippen LogP) is 28.2. The number of esters is 1. The van der Waals surface area contributed by atoms with Gasteiger partial charge in [0.2, 0.25) is 5.91 Å². The van der Waals surface area contributed by atoms with Crippen LogP contribution in [-0.4, -0.2) is 47.4 Å². The molecule has 0 heterocycles. The summed E-state index contributed by atoms with van der Waals surface area (Å²) in [5.74, 6) is -0.00327. The zero-order chi connectivity index (χ0) is 65.6. The molecule has 0 fully saturated rings. The van der Waals surface area contributed by atoms with Crippen LogP contribution in [0, 0.1) is 0 Å². The van der Waals surface area contributed by atoms with Gasteiger partial charge in [-0.3, -0.25) is 9.59 Å². The van der Waals surface area contributed by atoms with Crippen molar-refractivity contribution in [3.63, 3.8) is 0 Å². The van der Waals surface area contributed by atoms with Gasteiger partial charge in [-0.25, -0.2) is 0 Å². The lowest BCUT2D eigenvalue weighted by Gasteiger charge is -2.22. The minimum Gasteiger partial charge on any atom is -0.466 e. The van der Waals surface area contributed by atoms with E-state index in [1.165, 1.54) is 424 Å². The number of carbonyl (C=O) groups excluding carboxylic acids is 2. The van der Waals surface area contributed by atoms with Crippen LogP contribution in [0.4, 0.5) is 0 Å². The Kier molecular flexibility index (Phi) is 79.8. The molecule has 91 heavy (non-hydrogen) atoms. The van der Waals surface area contributed by atoms with Crippen molar-refractivity contribution < 1.29 is 24.5 Å². The molecule has 1 amide bonds. The van der Waals surface area contributed by atoms with Crippen LogP contribution in [-0.2, 0) is 14.3 Å². The molecule has 0 saturated carbocycles. The molecule has 6 nitrogen and oxygen atoms in total. The molecular weight excluding hydrogens is 1110 g/mol. The van der Waals surface area contributed by atoms with Gasteiger partial charge in [-0.1, -0.05) is 443 Å². The molecule has 0 aromatic carbocycles. The molecule has 542 valence electrons. The highest BCUT2D eigenvalue weighted by atomic mass is 16.5. The number of hydrogen-bond donors (Lipinski definition) is 3. The van der Waals surface area contributed by atoms with Crippen LogP contribution >= 0.6 is 0 Å². The molecule has 0 aromatic heterocycles. The van der Waals surface area contributed by atoms with Crippen molar-refractivity contribution in [3.8, 4) is 0 Å². The van der Waals surface area contributed by atoms with Crippen LogP contribution in [0.15, 0.2) is 12.2 Å². The van der Waals surface area contributed by atoms with E-state index in [-0.39, 0.29) is 18.5 Å². The number of rotatable bonds is 81. The Bertz CT molecular complexity index is 1380. The van der Waals surface area contributed by atoms with Crippen LogP contribution in [0.2, 0.25) is 0 Å². The third-order valence-electron chi connectivity index (χ3n) is 20.3. The van der Waals surface area contributed by atoms with Crippen LogP contribution in [0.1, 0.15) is 495 Å². The molecule has 0 rings (SSSR count). The van der Waals surface area contributed by atoms with Crippen LogP contribution in [0.3, 0.4) is 0 Å². The molecule has 2 unspecified atom stereocenters. The number of ether oxygens (including phenoxy) is 1. The van der Waals surface area contributed by atoms with E-state index in [1.54, 1.807) is 0 Å². The fourth-order valence-electron chi connectivity index (χ4n) is 13.9. The molecule has 3 N–H and O–H groups in total. The maximum absolute atomic E-state index is 12.6. The third kappa shape index (κ3) is 77.5. The van der Waals surface area contributed by atoms with Gasteiger partial charge in [0.1, 0.15) is 0 Å². The summed E-state index contributed by atoms with van der Waals surface area (Å²) in [6.45, 7) is 5.02. The van der Waals surface area contributed by atoms with Crippen molar-refractivity contribution in [2.75, 3.05) is 13.2 Å². The van der Waals surface area contributed by atoms with Gasteiger partial charge in [0.15, 0.2) is 0 Å². The van der Waals surface area contributed by atoms with Gasteiger partial charge in [0.05, 0.1) is 25.4 Å². The molecule has 0 aliphatic heterocycles. The van der Waals surface area contributed by atoms with Gasteiger partial charge in [0.25, 0.3) is 0 Å². The Hall–Kier alpha value is -1.40. The van der Waals surface area contributed by atoms with Crippen molar-refractivity contribution in [1.29, 1.82) is 0 Å². The summed E-state index contributed by atoms with van der Waals surface area (Å²) in [7, 11) is 0. The Morgan fingerprint density at radius 3 is 0.780 bits per heavy atom. The molecule has 2 atom stereocenters. The largest absolute Gasteiger partial charge is 0.466 e. The molecule has 0 radical (unpaired) electrons. The quantitative estimate of drug-likeness (QED) is 0.0320. The monoisotopic (exact) mass is 1280 g/mol. The molecule has 0 aliphatic rings. The first kappa shape index (κ1) is 89.6.